The van der Waals surface area contributed by atoms with Crippen molar-refractivity contribution >= 4 is 46.0 Å². The van der Waals surface area contributed by atoms with Crippen LogP contribution in [0.2, 0.25) is 5.02 Å². The molecule has 0 spiro atoms. The van der Waals surface area contributed by atoms with Gasteiger partial charge in [0.2, 0.25) is 5.43 Å². The Kier molecular flexibility index (Phi) is 5.67. The summed E-state index contributed by atoms with van der Waals surface area (Å²) in [6.07, 6.45) is 2.92. The van der Waals surface area contributed by atoms with Crippen LogP contribution in [0.15, 0.2) is 22.0 Å². The molecule has 1 saturated carbocycles. The number of Topliss-reactive ketones (excluding diaryl/α,β-unsaturated/α-hetero) is 1. The number of carbonyl (C=O) groups is 2. The van der Waals surface area contributed by atoms with Crippen LogP contribution in [0.5, 0.6) is 0 Å². The lowest BCUT2D eigenvalue weighted by molar-refractivity contribution is -0.119. The maximum Gasteiger partial charge on any atom is 0.344 e. The minimum absolute atomic E-state index is 0.00859. The van der Waals surface area contributed by atoms with Crippen molar-refractivity contribution in [3.63, 3.8) is 0 Å². The van der Waals surface area contributed by atoms with E-state index in [-0.39, 0.29) is 38.6 Å². The molecule has 0 radical (unpaired) electrons. The van der Waals surface area contributed by atoms with Crippen LogP contribution >= 0.6 is 23.4 Å². The van der Waals surface area contributed by atoms with Gasteiger partial charge in [-0.25, -0.2) is 9.18 Å². The lowest BCUT2D eigenvalue weighted by Crippen LogP contribution is -2.25. The van der Waals surface area contributed by atoms with E-state index in [4.69, 9.17) is 16.3 Å². The van der Waals surface area contributed by atoms with Crippen LogP contribution in [0, 0.1) is 5.82 Å². The van der Waals surface area contributed by atoms with Gasteiger partial charge in [-0.3, -0.25) is 9.59 Å². The number of ether oxygens (including phenoxy) is 1. The maximum absolute atomic E-state index is 13.8. The first-order valence-electron chi connectivity index (χ1n) is 8.34. The second-order valence-corrected chi connectivity index (χ2v) is 7.63. The molecule has 1 aromatic heterocycles. The van der Waals surface area contributed by atoms with Gasteiger partial charge in [-0.15, -0.1) is 0 Å². The van der Waals surface area contributed by atoms with E-state index in [1.807, 2.05) is 0 Å². The quantitative estimate of drug-likeness (QED) is 0.786. The summed E-state index contributed by atoms with van der Waals surface area (Å²) < 4.78 is 18.8. The Hall–Kier alpha value is -1.86. The van der Waals surface area contributed by atoms with Gasteiger partial charge in [0.15, 0.2) is 0 Å². The highest BCUT2D eigenvalue weighted by Gasteiger charge is 2.28. The molecule has 3 rings (SSSR count). The van der Waals surface area contributed by atoms with Crippen molar-refractivity contribution in [2.45, 2.75) is 42.9 Å². The Labute approximate surface area is 158 Å². The number of benzene rings is 1. The average molecular weight is 398 g/mol. The Balaban J connectivity index is 2.16. The summed E-state index contributed by atoms with van der Waals surface area (Å²) in [7, 11) is 0. The molecule has 1 aliphatic rings. The molecule has 1 N–H and O–H groups in total. The Bertz CT molecular complexity index is 943. The zero-order chi connectivity index (χ0) is 18.8. The van der Waals surface area contributed by atoms with Crippen LogP contribution in [0.3, 0.4) is 0 Å². The van der Waals surface area contributed by atoms with E-state index in [0.717, 1.165) is 30.7 Å². The van der Waals surface area contributed by atoms with Crippen molar-refractivity contribution in [3.8, 4) is 0 Å². The number of carbonyl (C=O) groups excluding carboxylic acids is 2. The molecule has 138 valence electrons. The third-order valence-corrected chi connectivity index (χ3v) is 5.86. The molecule has 26 heavy (non-hydrogen) atoms. The van der Waals surface area contributed by atoms with E-state index in [9.17, 15) is 18.8 Å². The molecular weight excluding hydrogens is 381 g/mol. The van der Waals surface area contributed by atoms with Gasteiger partial charge in [0.05, 0.1) is 27.4 Å². The number of hydrogen-bond donors (Lipinski definition) is 1. The van der Waals surface area contributed by atoms with E-state index >= 15 is 0 Å². The number of pyridine rings is 1. The summed E-state index contributed by atoms with van der Waals surface area (Å²) in [5.74, 6) is -1.45. The van der Waals surface area contributed by atoms with E-state index in [1.165, 1.54) is 6.07 Å². The first kappa shape index (κ1) is 18.9. The molecule has 1 aromatic carbocycles. The first-order valence-corrected chi connectivity index (χ1v) is 9.59. The Morgan fingerprint density at radius 2 is 2.15 bits per heavy atom. The predicted octanol–water partition coefficient (Wildman–Crippen LogP) is 4.10. The van der Waals surface area contributed by atoms with Gasteiger partial charge in [-0.2, -0.15) is 0 Å². The number of thioether (sulfide) groups is 1. The smallest absolute Gasteiger partial charge is 0.344 e. The van der Waals surface area contributed by atoms with Crippen molar-refractivity contribution in [1.82, 2.24) is 4.98 Å². The number of aromatic nitrogens is 1. The SMILES string of the molecule is CCOC(=O)c1c(SC2CCCCC2=O)[nH]c2cc(Cl)c(F)cc2c1=O. The molecule has 2 aromatic rings. The van der Waals surface area contributed by atoms with Crippen molar-refractivity contribution in [2.24, 2.45) is 0 Å². The second kappa shape index (κ2) is 7.80. The summed E-state index contributed by atoms with van der Waals surface area (Å²) in [5.41, 5.74) is -0.539. The maximum atomic E-state index is 13.8. The fraction of sp³-hybridized carbons (Fsp3) is 0.389. The van der Waals surface area contributed by atoms with Gasteiger partial charge in [0, 0.05) is 11.8 Å². The third kappa shape index (κ3) is 3.64. The molecule has 1 heterocycles. The summed E-state index contributed by atoms with van der Waals surface area (Å²) in [6.45, 7) is 1.72. The van der Waals surface area contributed by atoms with Gasteiger partial charge in [-0.05, 0) is 31.9 Å². The van der Waals surface area contributed by atoms with Crippen molar-refractivity contribution in [3.05, 3.63) is 38.8 Å². The molecule has 0 saturated heterocycles. The second-order valence-electron chi connectivity index (χ2n) is 6.01. The molecule has 1 fully saturated rings. The first-order chi connectivity index (χ1) is 12.4. The van der Waals surface area contributed by atoms with E-state index in [2.05, 4.69) is 4.98 Å². The van der Waals surface area contributed by atoms with Crippen LogP contribution in [0.1, 0.15) is 43.0 Å². The summed E-state index contributed by atoms with van der Waals surface area (Å²) in [4.78, 5) is 40.3. The molecule has 1 atom stereocenters. The highest BCUT2D eigenvalue weighted by Crippen LogP contribution is 2.33. The van der Waals surface area contributed by atoms with Gasteiger partial charge < -0.3 is 9.72 Å². The standard InChI is InChI=1S/C18H17ClFNO4S/c1-2-25-18(24)15-16(23)9-7-11(20)10(19)8-12(9)21-17(15)26-14-6-4-3-5-13(14)22/h7-8,14H,2-6H2,1H3,(H,21,23). The number of halogens is 2. The van der Waals surface area contributed by atoms with Crippen LogP contribution < -0.4 is 5.43 Å². The Morgan fingerprint density at radius 3 is 2.85 bits per heavy atom. The number of hydrogen-bond acceptors (Lipinski definition) is 5. The topological polar surface area (TPSA) is 76.2 Å². The van der Waals surface area contributed by atoms with Gasteiger partial charge in [-0.1, -0.05) is 29.8 Å². The van der Waals surface area contributed by atoms with Gasteiger partial charge in [0.1, 0.15) is 17.2 Å². The number of rotatable bonds is 4. The summed E-state index contributed by atoms with van der Waals surface area (Å²) in [6, 6.07) is 2.30. The number of aromatic amines is 1. The zero-order valence-corrected chi connectivity index (χ0v) is 15.6. The lowest BCUT2D eigenvalue weighted by Gasteiger charge is -2.21. The molecule has 1 aliphatic carbocycles. The van der Waals surface area contributed by atoms with Crippen molar-refractivity contribution < 1.29 is 18.7 Å². The zero-order valence-electron chi connectivity index (χ0n) is 14.1. The number of fused-ring (bicyclic) bond motifs is 1. The van der Waals surface area contributed by atoms with E-state index in [0.29, 0.717) is 18.4 Å². The molecule has 0 amide bonds. The molecular formula is C18H17ClFNO4S. The van der Waals surface area contributed by atoms with Crippen molar-refractivity contribution in [2.75, 3.05) is 6.61 Å². The molecule has 0 bridgehead atoms. The fourth-order valence-corrected chi connectivity index (χ4v) is 4.40. The van der Waals surface area contributed by atoms with Gasteiger partial charge >= 0.3 is 5.97 Å². The number of ketones is 1. The van der Waals surface area contributed by atoms with Crippen LogP contribution in [0.25, 0.3) is 10.9 Å². The third-order valence-electron chi connectivity index (χ3n) is 4.25. The largest absolute Gasteiger partial charge is 0.462 e. The molecule has 8 heteroatoms. The number of nitrogens with one attached hydrogen (secondary N) is 1. The van der Waals surface area contributed by atoms with Crippen LogP contribution in [0.4, 0.5) is 4.39 Å². The van der Waals surface area contributed by atoms with Crippen molar-refractivity contribution in [1.29, 1.82) is 0 Å². The highest BCUT2D eigenvalue weighted by atomic mass is 35.5. The lowest BCUT2D eigenvalue weighted by atomic mass is 9.99. The monoisotopic (exact) mass is 397 g/mol. The summed E-state index contributed by atoms with van der Waals surface area (Å²) >= 11 is 6.96. The van der Waals surface area contributed by atoms with E-state index < -0.39 is 17.2 Å². The van der Waals surface area contributed by atoms with Crippen LogP contribution in [-0.4, -0.2) is 28.6 Å². The fourth-order valence-electron chi connectivity index (χ4n) is 2.96. The highest BCUT2D eigenvalue weighted by molar-refractivity contribution is 8.00. The molecule has 5 nitrogen and oxygen atoms in total. The van der Waals surface area contributed by atoms with Crippen LogP contribution in [-0.2, 0) is 9.53 Å². The molecule has 0 aliphatic heterocycles. The number of H-pyrrole nitrogens is 1. The minimum atomic E-state index is -0.795. The predicted molar refractivity (Wildman–Crippen MR) is 98.6 cm³/mol. The minimum Gasteiger partial charge on any atom is -0.462 e. The van der Waals surface area contributed by atoms with E-state index in [1.54, 1.807) is 6.92 Å². The Morgan fingerprint density at radius 1 is 1.38 bits per heavy atom. The van der Waals surface area contributed by atoms with Gasteiger partial charge in [0.25, 0.3) is 0 Å². The number of esters is 1. The average Bonchev–Trinajstić information content (AvgIpc) is 2.59. The normalized spacial score (nSPS) is 17.5. The summed E-state index contributed by atoms with van der Waals surface area (Å²) in [5, 5.41) is -0.208. The molecule has 1 unspecified atom stereocenters.